The topological polar surface area (TPSA) is 83.0 Å². The van der Waals surface area contributed by atoms with Crippen LogP contribution in [0.4, 0.5) is 0 Å². The maximum Gasteiger partial charge on any atom is 0.289 e. The average molecular weight is 373 g/mol. The lowest BCUT2D eigenvalue weighted by atomic mass is 9.64. The number of nitrogens with zero attached hydrogens (tertiary/aromatic N) is 3. The SMILES string of the molecule is Cc1cc(CN2CCC3(CC2)CCN(C(=O)c2ccco2)CC3CO)on1. The molecule has 1 atom stereocenters. The molecule has 2 aromatic rings. The van der Waals surface area contributed by atoms with Gasteiger partial charge >= 0.3 is 0 Å². The van der Waals surface area contributed by atoms with Crippen LogP contribution in [-0.2, 0) is 6.54 Å². The summed E-state index contributed by atoms with van der Waals surface area (Å²) in [5, 5.41) is 14.0. The van der Waals surface area contributed by atoms with Crippen molar-refractivity contribution in [3.63, 3.8) is 0 Å². The minimum atomic E-state index is -0.0774. The predicted molar refractivity (Wildman–Crippen MR) is 98.0 cm³/mol. The van der Waals surface area contributed by atoms with E-state index >= 15 is 0 Å². The number of furan rings is 1. The van der Waals surface area contributed by atoms with Crippen LogP contribution >= 0.6 is 0 Å². The zero-order valence-electron chi connectivity index (χ0n) is 15.8. The summed E-state index contributed by atoms with van der Waals surface area (Å²) in [5.74, 6) is 1.31. The second-order valence-corrected chi connectivity index (χ2v) is 7.93. The van der Waals surface area contributed by atoms with Crippen molar-refractivity contribution in [1.29, 1.82) is 0 Å². The normalized spacial score (nSPS) is 23.0. The van der Waals surface area contributed by atoms with E-state index < -0.39 is 0 Å². The van der Waals surface area contributed by atoms with Gasteiger partial charge in [-0.25, -0.2) is 0 Å². The van der Waals surface area contributed by atoms with Crippen molar-refractivity contribution in [3.05, 3.63) is 41.7 Å². The summed E-state index contributed by atoms with van der Waals surface area (Å²) < 4.78 is 10.6. The van der Waals surface area contributed by atoms with Crippen molar-refractivity contribution in [2.45, 2.75) is 32.7 Å². The molecule has 0 aromatic carbocycles. The Hall–Kier alpha value is -2.12. The monoisotopic (exact) mass is 373 g/mol. The van der Waals surface area contributed by atoms with Crippen LogP contribution in [0.2, 0.25) is 0 Å². The molecule has 2 aliphatic rings. The van der Waals surface area contributed by atoms with E-state index in [1.165, 1.54) is 6.26 Å². The molecule has 7 heteroatoms. The first-order valence-corrected chi connectivity index (χ1v) is 9.68. The molecule has 2 aliphatic heterocycles. The number of hydrogen-bond acceptors (Lipinski definition) is 6. The number of amides is 1. The standard InChI is InChI=1S/C20H27N3O4/c1-15-11-17(27-21-15)13-22-7-4-20(5-8-22)6-9-23(12-16(20)14-24)19(25)18-3-2-10-26-18/h2-3,10-11,16,24H,4-9,12-14H2,1H3. The van der Waals surface area contributed by atoms with Crippen molar-refractivity contribution in [3.8, 4) is 0 Å². The van der Waals surface area contributed by atoms with Crippen LogP contribution in [-0.4, -0.2) is 58.8 Å². The van der Waals surface area contributed by atoms with E-state index in [1.807, 2.05) is 17.9 Å². The Balaban J connectivity index is 1.37. The molecular formula is C20H27N3O4. The molecule has 1 amide bonds. The summed E-state index contributed by atoms with van der Waals surface area (Å²) in [7, 11) is 0. The van der Waals surface area contributed by atoms with Gasteiger partial charge < -0.3 is 18.9 Å². The highest BCUT2D eigenvalue weighted by molar-refractivity contribution is 5.91. The Morgan fingerprint density at radius 2 is 2.11 bits per heavy atom. The average Bonchev–Trinajstić information content (AvgIpc) is 3.35. The van der Waals surface area contributed by atoms with Crippen LogP contribution in [0, 0.1) is 18.3 Å². The summed E-state index contributed by atoms with van der Waals surface area (Å²) >= 11 is 0. The second-order valence-electron chi connectivity index (χ2n) is 7.93. The van der Waals surface area contributed by atoms with Gasteiger partial charge in [0.15, 0.2) is 11.5 Å². The van der Waals surface area contributed by atoms with E-state index in [9.17, 15) is 9.90 Å². The third-order valence-electron chi connectivity index (χ3n) is 6.33. The second kappa shape index (κ2) is 7.48. The van der Waals surface area contributed by atoms with Crippen molar-refractivity contribution < 1.29 is 18.8 Å². The Labute approximate surface area is 158 Å². The fourth-order valence-corrected chi connectivity index (χ4v) is 4.63. The van der Waals surface area contributed by atoms with Crippen LogP contribution in [0.1, 0.15) is 41.3 Å². The van der Waals surface area contributed by atoms with Crippen molar-refractivity contribution in [1.82, 2.24) is 15.0 Å². The number of piperidine rings is 2. The molecule has 4 heterocycles. The third kappa shape index (κ3) is 3.66. The van der Waals surface area contributed by atoms with E-state index in [2.05, 4.69) is 10.1 Å². The smallest absolute Gasteiger partial charge is 0.289 e. The lowest BCUT2D eigenvalue weighted by Crippen LogP contribution is -2.54. The minimum Gasteiger partial charge on any atom is -0.459 e. The molecule has 1 unspecified atom stereocenters. The van der Waals surface area contributed by atoms with Gasteiger partial charge in [0.1, 0.15) is 0 Å². The molecule has 0 aliphatic carbocycles. The predicted octanol–water partition coefficient (Wildman–Crippen LogP) is 2.31. The van der Waals surface area contributed by atoms with Crippen LogP contribution < -0.4 is 0 Å². The zero-order valence-corrected chi connectivity index (χ0v) is 15.8. The highest BCUT2D eigenvalue weighted by Gasteiger charge is 2.45. The quantitative estimate of drug-likeness (QED) is 0.886. The third-order valence-corrected chi connectivity index (χ3v) is 6.33. The van der Waals surface area contributed by atoms with Gasteiger partial charge in [0, 0.05) is 31.7 Å². The molecule has 2 aromatic heterocycles. The first-order valence-electron chi connectivity index (χ1n) is 9.68. The Morgan fingerprint density at radius 1 is 1.33 bits per heavy atom. The molecular weight excluding hydrogens is 346 g/mol. The molecule has 1 N–H and O–H groups in total. The number of carbonyl (C=O) groups excluding carboxylic acids is 1. The van der Waals surface area contributed by atoms with Crippen LogP contribution in [0.5, 0.6) is 0 Å². The maximum atomic E-state index is 12.6. The van der Waals surface area contributed by atoms with Gasteiger partial charge in [-0.3, -0.25) is 9.69 Å². The highest BCUT2D eigenvalue weighted by Crippen LogP contribution is 2.45. The molecule has 2 fully saturated rings. The summed E-state index contributed by atoms with van der Waals surface area (Å²) in [6, 6.07) is 5.41. The van der Waals surface area contributed by atoms with Gasteiger partial charge in [-0.05, 0) is 56.8 Å². The number of carbonyl (C=O) groups is 1. The summed E-state index contributed by atoms with van der Waals surface area (Å²) in [6.07, 6.45) is 4.52. The number of aliphatic hydroxyl groups is 1. The van der Waals surface area contributed by atoms with E-state index in [0.29, 0.717) is 12.3 Å². The molecule has 7 nitrogen and oxygen atoms in total. The lowest BCUT2D eigenvalue weighted by molar-refractivity contribution is -0.0380. The summed E-state index contributed by atoms with van der Waals surface area (Å²) in [5.41, 5.74) is 1.02. The van der Waals surface area contributed by atoms with Gasteiger partial charge in [-0.15, -0.1) is 0 Å². The van der Waals surface area contributed by atoms with Crippen LogP contribution in [0.25, 0.3) is 0 Å². The van der Waals surface area contributed by atoms with E-state index in [4.69, 9.17) is 8.94 Å². The fraction of sp³-hybridized carbons (Fsp3) is 0.600. The molecule has 0 radical (unpaired) electrons. The largest absolute Gasteiger partial charge is 0.459 e. The van der Waals surface area contributed by atoms with Gasteiger partial charge in [0.05, 0.1) is 18.5 Å². The Kier molecular flexibility index (Phi) is 5.06. The maximum absolute atomic E-state index is 12.6. The Morgan fingerprint density at radius 3 is 2.74 bits per heavy atom. The fourth-order valence-electron chi connectivity index (χ4n) is 4.63. The number of likely N-dealkylation sites (tertiary alicyclic amines) is 2. The molecule has 0 bridgehead atoms. The first kappa shape index (κ1) is 18.3. The summed E-state index contributed by atoms with van der Waals surface area (Å²) in [4.78, 5) is 16.8. The number of rotatable bonds is 4. The zero-order chi connectivity index (χ0) is 18.9. The lowest BCUT2D eigenvalue weighted by Gasteiger charge is -2.51. The van der Waals surface area contributed by atoms with Crippen LogP contribution in [0.15, 0.2) is 33.4 Å². The molecule has 146 valence electrons. The van der Waals surface area contributed by atoms with Crippen molar-refractivity contribution in [2.75, 3.05) is 32.8 Å². The molecule has 1 spiro atoms. The number of aryl methyl sites for hydroxylation is 1. The van der Waals surface area contributed by atoms with Gasteiger partial charge in [0.25, 0.3) is 5.91 Å². The first-order chi connectivity index (χ1) is 13.1. The number of hydrogen-bond donors (Lipinski definition) is 1. The van der Waals surface area contributed by atoms with Crippen molar-refractivity contribution >= 4 is 5.91 Å². The molecule has 0 saturated carbocycles. The van der Waals surface area contributed by atoms with Crippen molar-refractivity contribution in [2.24, 2.45) is 11.3 Å². The van der Waals surface area contributed by atoms with Gasteiger partial charge in [-0.2, -0.15) is 0 Å². The molecule has 2 saturated heterocycles. The summed E-state index contributed by atoms with van der Waals surface area (Å²) in [6.45, 7) is 6.09. The van der Waals surface area contributed by atoms with E-state index in [0.717, 1.165) is 56.9 Å². The molecule has 4 rings (SSSR count). The highest BCUT2D eigenvalue weighted by atomic mass is 16.5. The van der Waals surface area contributed by atoms with E-state index in [1.54, 1.807) is 12.1 Å². The van der Waals surface area contributed by atoms with Gasteiger partial charge in [-0.1, -0.05) is 5.16 Å². The Bertz CT molecular complexity index is 762. The number of aliphatic hydroxyl groups excluding tert-OH is 1. The van der Waals surface area contributed by atoms with Crippen LogP contribution in [0.3, 0.4) is 0 Å². The minimum absolute atomic E-state index is 0.0774. The van der Waals surface area contributed by atoms with E-state index in [-0.39, 0.29) is 23.8 Å². The molecule has 27 heavy (non-hydrogen) atoms. The number of aromatic nitrogens is 1. The van der Waals surface area contributed by atoms with Gasteiger partial charge in [0.2, 0.25) is 0 Å².